The van der Waals surface area contributed by atoms with Gasteiger partial charge in [0.1, 0.15) is 11.5 Å². The van der Waals surface area contributed by atoms with Gasteiger partial charge in [-0.3, -0.25) is 9.59 Å². The number of ketones is 1. The summed E-state index contributed by atoms with van der Waals surface area (Å²) in [5.74, 6) is 0.0670. The van der Waals surface area contributed by atoms with Gasteiger partial charge in [0.15, 0.2) is 11.5 Å². The first-order valence-corrected chi connectivity index (χ1v) is 10.8. The van der Waals surface area contributed by atoms with E-state index in [1.807, 2.05) is 14.1 Å². The average molecular weight is 456 g/mol. The molecule has 8 nitrogen and oxygen atoms in total. The van der Waals surface area contributed by atoms with E-state index in [4.69, 9.17) is 14.2 Å². The maximum absolute atomic E-state index is 13.1. The van der Waals surface area contributed by atoms with Crippen molar-refractivity contribution < 1.29 is 33.8 Å². The molecule has 0 radical (unpaired) electrons. The van der Waals surface area contributed by atoms with Crippen LogP contribution in [0.5, 0.6) is 17.2 Å². The van der Waals surface area contributed by atoms with Gasteiger partial charge in [-0.25, -0.2) is 0 Å². The quantitative estimate of drug-likeness (QED) is 0.340. The Kier molecular flexibility index (Phi) is 7.60. The molecule has 0 aliphatic carbocycles. The molecule has 0 aromatic heterocycles. The predicted octanol–water partition coefficient (Wildman–Crippen LogP) is 1.67. The van der Waals surface area contributed by atoms with Gasteiger partial charge in [-0.05, 0) is 42.0 Å². The van der Waals surface area contributed by atoms with Crippen molar-refractivity contribution in [1.82, 2.24) is 4.90 Å². The highest BCUT2D eigenvalue weighted by Gasteiger charge is 2.46. The first-order chi connectivity index (χ1) is 15.8. The van der Waals surface area contributed by atoms with Crippen molar-refractivity contribution in [3.63, 3.8) is 0 Å². The summed E-state index contributed by atoms with van der Waals surface area (Å²) in [6.45, 7) is 1.22. The maximum atomic E-state index is 13.1. The van der Waals surface area contributed by atoms with Gasteiger partial charge in [0.25, 0.3) is 11.7 Å². The van der Waals surface area contributed by atoms with Crippen molar-refractivity contribution in [3.05, 3.63) is 59.2 Å². The fourth-order valence-corrected chi connectivity index (χ4v) is 3.99. The number of benzene rings is 2. The summed E-state index contributed by atoms with van der Waals surface area (Å²) in [5.41, 5.74) is 1.13. The van der Waals surface area contributed by atoms with Crippen molar-refractivity contribution in [1.29, 1.82) is 0 Å². The molecule has 1 aliphatic rings. The Morgan fingerprint density at radius 1 is 0.970 bits per heavy atom. The molecule has 2 aromatic rings. The lowest BCUT2D eigenvalue weighted by molar-refractivity contribution is -0.858. The van der Waals surface area contributed by atoms with Crippen LogP contribution in [0.3, 0.4) is 0 Å². The van der Waals surface area contributed by atoms with Gasteiger partial charge in [0.2, 0.25) is 0 Å². The lowest BCUT2D eigenvalue weighted by atomic mass is 9.95. The van der Waals surface area contributed by atoms with Crippen LogP contribution < -0.4 is 19.1 Å². The normalized spacial score (nSPS) is 17.5. The van der Waals surface area contributed by atoms with Gasteiger partial charge in [0.05, 0.1) is 53.6 Å². The second-order valence-electron chi connectivity index (χ2n) is 8.15. The molecule has 1 unspecified atom stereocenters. The van der Waals surface area contributed by atoms with Gasteiger partial charge in [-0.15, -0.1) is 0 Å². The Labute approximate surface area is 194 Å². The van der Waals surface area contributed by atoms with E-state index >= 15 is 0 Å². The molecule has 1 amide bonds. The number of carbonyl (C=O) groups is 2. The first-order valence-electron chi connectivity index (χ1n) is 10.8. The van der Waals surface area contributed by atoms with Crippen LogP contribution in [-0.2, 0) is 9.59 Å². The van der Waals surface area contributed by atoms with E-state index in [9.17, 15) is 14.7 Å². The SMILES string of the molecule is COc1ccc(C(O)=C2C(=O)C(=O)N(CCC[NH+](C)C)C2c2ccc(OC)c(OC)c2)cc1. The van der Waals surface area contributed by atoms with Crippen molar-refractivity contribution in [2.24, 2.45) is 0 Å². The number of amides is 1. The lowest BCUT2D eigenvalue weighted by Gasteiger charge is -2.26. The van der Waals surface area contributed by atoms with E-state index in [0.29, 0.717) is 41.3 Å². The molecule has 1 heterocycles. The number of nitrogens with one attached hydrogen (secondary N) is 1. The summed E-state index contributed by atoms with van der Waals surface area (Å²) in [5, 5.41) is 11.1. The van der Waals surface area contributed by atoms with Gasteiger partial charge in [-0.2, -0.15) is 0 Å². The Morgan fingerprint density at radius 3 is 2.21 bits per heavy atom. The van der Waals surface area contributed by atoms with Crippen LogP contribution in [0.15, 0.2) is 48.0 Å². The Hall–Kier alpha value is -3.52. The Morgan fingerprint density at radius 2 is 1.64 bits per heavy atom. The zero-order valence-corrected chi connectivity index (χ0v) is 19.7. The van der Waals surface area contributed by atoms with E-state index < -0.39 is 17.7 Å². The van der Waals surface area contributed by atoms with Crippen LogP contribution in [0, 0.1) is 0 Å². The first kappa shape index (κ1) is 24.1. The second kappa shape index (κ2) is 10.4. The summed E-state index contributed by atoms with van der Waals surface area (Å²) >= 11 is 0. The van der Waals surface area contributed by atoms with E-state index in [2.05, 4.69) is 0 Å². The predicted molar refractivity (Wildman–Crippen MR) is 124 cm³/mol. The number of carbonyl (C=O) groups excluding carboxylic acids is 2. The van der Waals surface area contributed by atoms with Crippen molar-refractivity contribution >= 4 is 17.4 Å². The molecular weight excluding hydrogens is 424 g/mol. The molecule has 176 valence electrons. The molecule has 2 N–H and O–H groups in total. The number of aliphatic hydroxyl groups is 1. The molecule has 33 heavy (non-hydrogen) atoms. The summed E-state index contributed by atoms with van der Waals surface area (Å²) in [4.78, 5) is 28.9. The molecule has 3 rings (SSSR count). The zero-order valence-electron chi connectivity index (χ0n) is 19.7. The fraction of sp³-hybridized carbons (Fsp3) is 0.360. The number of aliphatic hydroxyl groups excluding tert-OH is 1. The van der Waals surface area contributed by atoms with E-state index in [1.165, 1.54) is 24.0 Å². The van der Waals surface area contributed by atoms with Crippen LogP contribution >= 0.6 is 0 Å². The lowest BCUT2D eigenvalue weighted by Crippen LogP contribution is -3.05. The van der Waals surface area contributed by atoms with Crippen LogP contribution in [-0.4, -0.2) is 70.2 Å². The molecule has 1 atom stereocenters. The third-order valence-corrected chi connectivity index (χ3v) is 5.70. The minimum Gasteiger partial charge on any atom is -0.507 e. The van der Waals surface area contributed by atoms with Gasteiger partial charge in [0, 0.05) is 18.5 Å². The standard InChI is InChI=1S/C25H30N2O6/c1-26(2)13-6-14-27-22(17-9-12-19(32-4)20(15-17)33-5)21(24(29)25(27)30)23(28)16-7-10-18(31-3)11-8-16/h7-12,15,22,28H,6,13-14H2,1-5H3/p+1. The number of methoxy groups -OCH3 is 3. The number of quaternary nitrogens is 1. The number of hydrogen-bond donors (Lipinski definition) is 2. The highest BCUT2D eigenvalue weighted by Crippen LogP contribution is 2.42. The number of Topliss-reactive ketones (excluding diaryl/α,β-unsaturated/α-hetero) is 1. The average Bonchev–Trinajstić information content (AvgIpc) is 3.08. The van der Waals surface area contributed by atoms with Crippen LogP contribution in [0.1, 0.15) is 23.6 Å². The number of rotatable bonds is 9. The molecule has 0 spiro atoms. The molecule has 1 aliphatic heterocycles. The topological polar surface area (TPSA) is 89.7 Å². The monoisotopic (exact) mass is 455 g/mol. The summed E-state index contributed by atoms with van der Waals surface area (Å²) in [7, 11) is 8.67. The summed E-state index contributed by atoms with van der Waals surface area (Å²) in [6, 6.07) is 11.2. The van der Waals surface area contributed by atoms with Crippen molar-refractivity contribution in [2.45, 2.75) is 12.5 Å². The van der Waals surface area contributed by atoms with E-state index in [0.717, 1.165) is 6.54 Å². The Balaban J connectivity index is 2.12. The third kappa shape index (κ3) is 4.96. The highest BCUT2D eigenvalue weighted by atomic mass is 16.5. The van der Waals surface area contributed by atoms with Crippen LogP contribution in [0.4, 0.5) is 0 Å². The van der Waals surface area contributed by atoms with E-state index in [1.54, 1.807) is 49.6 Å². The van der Waals surface area contributed by atoms with E-state index in [-0.39, 0.29) is 11.3 Å². The zero-order chi connectivity index (χ0) is 24.1. The number of likely N-dealkylation sites (tertiary alicyclic amines) is 1. The molecule has 0 bridgehead atoms. The second-order valence-corrected chi connectivity index (χ2v) is 8.15. The fourth-order valence-electron chi connectivity index (χ4n) is 3.99. The molecule has 0 saturated carbocycles. The molecular formula is C25H31N2O6+. The number of ether oxygens (including phenoxy) is 3. The smallest absolute Gasteiger partial charge is 0.295 e. The number of hydrogen-bond acceptors (Lipinski definition) is 6. The van der Waals surface area contributed by atoms with Crippen molar-refractivity contribution in [2.75, 3.05) is 48.5 Å². The molecule has 1 fully saturated rings. The largest absolute Gasteiger partial charge is 0.507 e. The third-order valence-electron chi connectivity index (χ3n) is 5.70. The summed E-state index contributed by atoms with van der Waals surface area (Å²) in [6.07, 6.45) is 0.710. The summed E-state index contributed by atoms with van der Waals surface area (Å²) < 4.78 is 15.9. The van der Waals surface area contributed by atoms with Gasteiger partial charge < -0.3 is 29.1 Å². The number of nitrogens with zero attached hydrogens (tertiary/aromatic N) is 1. The minimum atomic E-state index is -0.746. The highest BCUT2D eigenvalue weighted by molar-refractivity contribution is 6.46. The molecule has 2 aromatic carbocycles. The van der Waals surface area contributed by atoms with Crippen LogP contribution in [0.25, 0.3) is 5.76 Å². The molecule has 1 saturated heterocycles. The van der Waals surface area contributed by atoms with Gasteiger partial charge >= 0.3 is 0 Å². The van der Waals surface area contributed by atoms with Crippen LogP contribution in [0.2, 0.25) is 0 Å². The minimum absolute atomic E-state index is 0.0505. The Bertz CT molecular complexity index is 1050. The maximum Gasteiger partial charge on any atom is 0.295 e. The van der Waals surface area contributed by atoms with Crippen molar-refractivity contribution in [3.8, 4) is 17.2 Å². The molecule has 8 heteroatoms. The van der Waals surface area contributed by atoms with Gasteiger partial charge in [-0.1, -0.05) is 6.07 Å².